The van der Waals surface area contributed by atoms with Crippen LogP contribution in [-0.2, 0) is 9.53 Å². The van der Waals surface area contributed by atoms with Crippen molar-refractivity contribution in [1.29, 1.82) is 0 Å². The van der Waals surface area contributed by atoms with Gasteiger partial charge in [-0.1, -0.05) is 0 Å². The lowest BCUT2D eigenvalue weighted by atomic mass is 10.2. The summed E-state index contributed by atoms with van der Waals surface area (Å²) in [7, 11) is 1.35. The summed E-state index contributed by atoms with van der Waals surface area (Å²) in [5.74, 6) is -0.347. The molecule has 0 atom stereocenters. The molecule has 1 rings (SSSR count). The lowest BCUT2D eigenvalue weighted by Crippen LogP contribution is -2.33. The molecule has 0 aliphatic rings. The van der Waals surface area contributed by atoms with Gasteiger partial charge in [-0.3, -0.25) is 9.59 Å². The van der Waals surface area contributed by atoms with Crippen LogP contribution in [0.2, 0.25) is 0 Å². The summed E-state index contributed by atoms with van der Waals surface area (Å²) in [5.41, 5.74) is 0.689. The van der Waals surface area contributed by atoms with Crippen LogP contribution >= 0.6 is 67.8 Å². The maximum Gasteiger partial charge on any atom is 0.307 e. The van der Waals surface area contributed by atoms with E-state index in [2.05, 4.69) is 72.5 Å². The molecule has 0 heterocycles. The summed E-state index contributed by atoms with van der Waals surface area (Å²) >= 11 is 6.61. The standard InChI is InChI=1S/C13H14I3NO3/c1-3-17(5-4-11(18)20-2)13(19)9-6-8(14)7-10(15)12(9)16/h6-7H,3-5H2,1-2H3. The molecule has 1 amide bonds. The van der Waals surface area contributed by atoms with E-state index in [0.717, 1.165) is 10.7 Å². The number of benzene rings is 1. The molecular weight excluding hydrogens is 599 g/mol. The van der Waals surface area contributed by atoms with Gasteiger partial charge < -0.3 is 9.64 Å². The molecule has 0 radical (unpaired) electrons. The summed E-state index contributed by atoms with van der Waals surface area (Å²) < 4.78 is 7.65. The lowest BCUT2D eigenvalue weighted by Gasteiger charge is -2.21. The smallest absolute Gasteiger partial charge is 0.307 e. The number of nitrogens with zero attached hydrogens (tertiary/aromatic N) is 1. The highest BCUT2D eigenvalue weighted by molar-refractivity contribution is 14.1. The van der Waals surface area contributed by atoms with Crippen LogP contribution in [0.3, 0.4) is 0 Å². The third-order valence-corrected chi connectivity index (χ3v) is 6.37. The Morgan fingerprint density at radius 2 is 1.90 bits per heavy atom. The Hall–Kier alpha value is 0.350. The predicted octanol–water partition coefficient (Wildman–Crippen LogP) is 3.53. The first-order valence-corrected chi connectivity index (χ1v) is 9.15. The van der Waals surface area contributed by atoms with Gasteiger partial charge in [0.05, 0.1) is 19.1 Å². The van der Waals surface area contributed by atoms with E-state index in [1.165, 1.54) is 7.11 Å². The second-order valence-electron chi connectivity index (χ2n) is 3.96. The van der Waals surface area contributed by atoms with Gasteiger partial charge in [-0.05, 0) is 86.8 Å². The monoisotopic (exact) mass is 613 g/mol. The van der Waals surface area contributed by atoms with Crippen LogP contribution in [0.5, 0.6) is 0 Å². The van der Waals surface area contributed by atoms with Gasteiger partial charge in [0.2, 0.25) is 0 Å². The molecule has 0 aliphatic carbocycles. The van der Waals surface area contributed by atoms with Crippen molar-refractivity contribution in [3.05, 3.63) is 28.4 Å². The largest absolute Gasteiger partial charge is 0.469 e. The predicted molar refractivity (Wildman–Crippen MR) is 103 cm³/mol. The van der Waals surface area contributed by atoms with Crippen molar-refractivity contribution in [2.24, 2.45) is 0 Å². The average Bonchev–Trinajstić information content (AvgIpc) is 2.42. The number of esters is 1. The average molecular weight is 613 g/mol. The van der Waals surface area contributed by atoms with Gasteiger partial charge in [0.1, 0.15) is 0 Å². The number of carbonyl (C=O) groups excluding carboxylic acids is 2. The second kappa shape index (κ2) is 8.71. The van der Waals surface area contributed by atoms with Crippen LogP contribution in [-0.4, -0.2) is 37.0 Å². The second-order valence-corrected chi connectivity index (χ2v) is 7.45. The molecular formula is C13H14I3NO3. The van der Waals surface area contributed by atoms with Crippen molar-refractivity contribution >= 4 is 79.6 Å². The summed E-state index contributed by atoms with van der Waals surface area (Å²) in [6.45, 7) is 2.84. The summed E-state index contributed by atoms with van der Waals surface area (Å²) in [5, 5.41) is 0. The highest BCUT2D eigenvalue weighted by atomic mass is 127. The normalized spacial score (nSPS) is 10.2. The van der Waals surface area contributed by atoms with Crippen LogP contribution in [0.15, 0.2) is 12.1 Å². The fourth-order valence-corrected chi connectivity index (χ4v) is 4.00. The summed E-state index contributed by atoms with van der Waals surface area (Å²) in [4.78, 5) is 25.4. The first-order chi connectivity index (χ1) is 9.40. The van der Waals surface area contributed by atoms with E-state index in [1.807, 2.05) is 19.1 Å². The zero-order valence-electron chi connectivity index (χ0n) is 11.1. The zero-order chi connectivity index (χ0) is 15.3. The molecule has 0 bridgehead atoms. The Morgan fingerprint density at radius 1 is 1.25 bits per heavy atom. The minimum absolute atomic E-state index is 0.0442. The van der Waals surface area contributed by atoms with Crippen LogP contribution in [0.25, 0.3) is 0 Å². The molecule has 0 N–H and O–H groups in total. The quantitative estimate of drug-likeness (QED) is 0.291. The molecule has 0 aliphatic heterocycles. The molecule has 110 valence electrons. The Kier molecular flexibility index (Phi) is 8.01. The number of methoxy groups -OCH3 is 1. The highest BCUT2D eigenvalue weighted by Crippen LogP contribution is 2.24. The van der Waals surface area contributed by atoms with Crippen molar-refractivity contribution in [2.75, 3.05) is 20.2 Å². The molecule has 0 unspecified atom stereocenters. The summed E-state index contributed by atoms with van der Waals surface area (Å²) in [6.07, 6.45) is 0.216. The van der Waals surface area contributed by atoms with Crippen LogP contribution in [0, 0.1) is 10.7 Å². The number of amides is 1. The lowest BCUT2D eigenvalue weighted by molar-refractivity contribution is -0.140. The Bertz CT molecular complexity index is 520. The van der Waals surface area contributed by atoms with Gasteiger partial charge in [-0.2, -0.15) is 0 Å². The number of rotatable bonds is 5. The van der Waals surface area contributed by atoms with E-state index < -0.39 is 0 Å². The molecule has 0 aromatic heterocycles. The van der Waals surface area contributed by atoms with Crippen molar-refractivity contribution in [3.63, 3.8) is 0 Å². The maximum absolute atomic E-state index is 12.6. The Labute approximate surface area is 159 Å². The Morgan fingerprint density at radius 3 is 2.45 bits per heavy atom. The van der Waals surface area contributed by atoms with E-state index in [1.54, 1.807) is 4.90 Å². The van der Waals surface area contributed by atoms with Crippen molar-refractivity contribution in [2.45, 2.75) is 13.3 Å². The van der Waals surface area contributed by atoms with Crippen LogP contribution < -0.4 is 0 Å². The van der Waals surface area contributed by atoms with Crippen molar-refractivity contribution in [3.8, 4) is 0 Å². The third kappa shape index (κ3) is 4.97. The molecule has 4 nitrogen and oxygen atoms in total. The Balaban J connectivity index is 2.94. The number of carbonyl (C=O) groups is 2. The van der Waals surface area contributed by atoms with Gasteiger partial charge in [0.15, 0.2) is 0 Å². The van der Waals surface area contributed by atoms with Crippen LogP contribution in [0.4, 0.5) is 0 Å². The number of halogens is 3. The van der Waals surface area contributed by atoms with Crippen molar-refractivity contribution < 1.29 is 14.3 Å². The van der Waals surface area contributed by atoms with Gasteiger partial charge in [-0.15, -0.1) is 0 Å². The van der Waals surface area contributed by atoms with E-state index in [-0.39, 0.29) is 18.3 Å². The van der Waals surface area contributed by atoms with Gasteiger partial charge in [0, 0.05) is 23.8 Å². The number of ether oxygens (including phenoxy) is 1. The van der Waals surface area contributed by atoms with E-state index >= 15 is 0 Å². The molecule has 0 fully saturated rings. The van der Waals surface area contributed by atoms with Gasteiger partial charge in [0.25, 0.3) is 5.91 Å². The minimum Gasteiger partial charge on any atom is -0.469 e. The maximum atomic E-state index is 12.6. The molecule has 1 aromatic rings. The zero-order valence-corrected chi connectivity index (χ0v) is 17.6. The van der Waals surface area contributed by atoms with Gasteiger partial charge >= 0.3 is 5.97 Å². The van der Waals surface area contributed by atoms with E-state index in [4.69, 9.17) is 0 Å². The fourth-order valence-electron chi connectivity index (χ4n) is 1.61. The molecule has 7 heteroatoms. The molecule has 20 heavy (non-hydrogen) atoms. The summed E-state index contributed by atoms with van der Waals surface area (Å²) in [6, 6.07) is 3.91. The van der Waals surface area contributed by atoms with E-state index in [9.17, 15) is 9.59 Å². The molecule has 0 spiro atoms. The topological polar surface area (TPSA) is 46.6 Å². The van der Waals surface area contributed by atoms with Gasteiger partial charge in [-0.25, -0.2) is 0 Å². The first kappa shape index (κ1) is 18.4. The molecule has 1 aromatic carbocycles. The van der Waals surface area contributed by atoms with Crippen molar-refractivity contribution in [1.82, 2.24) is 4.90 Å². The third-order valence-electron chi connectivity index (χ3n) is 2.71. The van der Waals surface area contributed by atoms with Crippen LogP contribution in [0.1, 0.15) is 23.7 Å². The first-order valence-electron chi connectivity index (χ1n) is 5.91. The SMILES string of the molecule is CCN(CCC(=O)OC)C(=O)c1cc(I)cc(I)c1I. The molecule has 0 saturated carbocycles. The minimum atomic E-state index is -0.303. The molecule has 0 saturated heterocycles. The van der Waals surface area contributed by atoms with E-state index in [0.29, 0.717) is 18.7 Å². The fraction of sp³-hybridized carbons (Fsp3) is 0.385. The number of hydrogen-bond donors (Lipinski definition) is 0. The highest BCUT2D eigenvalue weighted by Gasteiger charge is 2.19. The number of hydrogen-bond acceptors (Lipinski definition) is 3.